The minimum Gasteiger partial charge on any atom is -0.487 e. The Morgan fingerprint density at radius 2 is 1.95 bits per heavy atom. The monoisotopic (exact) mass is 272 g/mol. The first-order chi connectivity index (χ1) is 9.79. The maximum absolute atomic E-state index is 12.8. The highest BCUT2D eigenvalue weighted by molar-refractivity contribution is 5.22. The van der Waals surface area contributed by atoms with Gasteiger partial charge in [-0.05, 0) is 48.7 Å². The van der Waals surface area contributed by atoms with E-state index in [-0.39, 0.29) is 5.82 Å². The Kier molecular flexibility index (Phi) is 3.92. The van der Waals surface area contributed by atoms with Crippen LogP contribution < -0.4 is 10.1 Å². The third-order valence-electron chi connectivity index (χ3n) is 3.26. The summed E-state index contributed by atoms with van der Waals surface area (Å²) in [5.74, 6) is 0.385. The molecule has 1 aliphatic rings. The highest BCUT2D eigenvalue weighted by Crippen LogP contribution is 2.19. The van der Waals surface area contributed by atoms with Crippen LogP contribution in [0.5, 0.6) is 5.75 Å². The van der Waals surface area contributed by atoms with Gasteiger partial charge in [-0.1, -0.05) is 6.07 Å². The molecule has 1 aromatic carbocycles. The fraction of sp³-hybridized carbons (Fsp3) is 0.312. The van der Waals surface area contributed by atoms with Crippen molar-refractivity contribution in [3.8, 4) is 5.75 Å². The molecule has 2 aromatic rings. The molecule has 20 heavy (non-hydrogen) atoms. The quantitative estimate of drug-likeness (QED) is 0.877. The van der Waals surface area contributed by atoms with Crippen LogP contribution >= 0.6 is 0 Å². The smallest absolute Gasteiger partial charge is 0.130 e. The fourth-order valence-corrected chi connectivity index (χ4v) is 1.88. The third kappa shape index (κ3) is 3.78. The van der Waals surface area contributed by atoms with E-state index in [4.69, 9.17) is 4.74 Å². The fourth-order valence-electron chi connectivity index (χ4n) is 1.88. The summed E-state index contributed by atoms with van der Waals surface area (Å²) in [7, 11) is 0. The second-order valence-electron chi connectivity index (χ2n) is 5.06. The molecule has 0 amide bonds. The zero-order chi connectivity index (χ0) is 13.8. The van der Waals surface area contributed by atoms with Gasteiger partial charge < -0.3 is 10.1 Å². The standard InChI is InChI=1S/C16H17FN2O/c17-13-2-7-16(8-3-13)20-11-15-4-1-12(10-19-15)9-18-14-5-6-14/h1-4,7-8,10,14,18H,5-6,9,11H2. The minimum atomic E-state index is -0.261. The number of hydrogen-bond donors (Lipinski definition) is 1. The lowest BCUT2D eigenvalue weighted by molar-refractivity contribution is 0.301. The lowest BCUT2D eigenvalue weighted by Crippen LogP contribution is -2.15. The predicted octanol–water partition coefficient (Wildman–Crippen LogP) is 3.05. The second-order valence-corrected chi connectivity index (χ2v) is 5.06. The topological polar surface area (TPSA) is 34.1 Å². The van der Waals surface area contributed by atoms with Crippen LogP contribution in [0.2, 0.25) is 0 Å². The van der Waals surface area contributed by atoms with Crippen LogP contribution in [-0.4, -0.2) is 11.0 Å². The number of halogens is 1. The Labute approximate surface area is 117 Å². The molecule has 1 heterocycles. The first-order valence-electron chi connectivity index (χ1n) is 6.85. The van der Waals surface area contributed by atoms with Crippen molar-refractivity contribution in [2.24, 2.45) is 0 Å². The Hall–Kier alpha value is -1.94. The molecular weight excluding hydrogens is 255 g/mol. The number of rotatable bonds is 6. The Balaban J connectivity index is 1.50. The lowest BCUT2D eigenvalue weighted by atomic mass is 10.2. The van der Waals surface area contributed by atoms with Gasteiger partial charge >= 0.3 is 0 Å². The summed E-state index contributed by atoms with van der Waals surface area (Å²) >= 11 is 0. The van der Waals surface area contributed by atoms with E-state index in [1.54, 1.807) is 12.1 Å². The van der Waals surface area contributed by atoms with E-state index in [1.165, 1.54) is 30.5 Å². The number of hydrogen-bond acceptors (Lipinski definition) is 3. The van der Waals surface area contributed by atoms with Gasteiger partial charge in [0.1, 0.15) is 18.2 Å². The first kappa shape index (κ1) is 13.1. The summed E-state index contributed by atoms with van der Waals surface area (Å²) < 4.78 is 18.3. The second kappa shape index (κ2) is 6.01. The number of pyridine rings is 1. The van der Waals surface area contributed by atoms with Gasteiger partial charge in [-0.3, -0.25) is 4.98 Å². The molecule has 0 unspecified atom stereocenters. The Bertz CT molecular complexity index is 550. The molecule has 0 saturated heterocycles. The van der Waals surface area contributed by atoms with Gasteiger partial charge in [-0.25, -0.2) is 4.39 Å². The summed E-state index contributed by atoms with van der Waals surface area (Å²) in [6, 6.07) is 10.7. The van der Waals surface area contributed by atoms with Gasteiger partial charge in [-0.15, -0.1) is 0 Å². The maximum Gasteiger partial charge on any atom is 0.130 e. The van der Waals surface area contributed by atoms with Crippen LogP contribution in [0.1, 0.15) is 24.1 Å². The molecule has 1 aromatic heterocycles. The van der Waals surface area contributed by atoms with E-state index < -0.39 is 0 Å². The normalized spacial score (nSPS) is 14.2. The van der Waals surface area contributed by atoms with E-state index in [2.05, 4.69) is 16.4 Å². The molecule has 0 spiro atoms. The number of nitrogens with zero attached hydrogens (tertiary/aromatic N) is 1. The molecule has 0 atom stereocenters. The average Bonchev–Trinajstić information content (AvgIpc) is 3.30. The molecule has 1 N–H and O–H groups in total. The van der Waals surface area contributed by atoms with Crippen LogP contribution in [0.15, 0.2) is 42.6 Å². The molecule has 104 valence electrons. The summed E-state index contributed by atoms with van der Waals surface area (Å²) in [6.07, 6.45) is 4.45. The van der Waals surface area contributed by atoms with Crippen molar-refractivity contribution in [1.82, 2.24) is 10.3 Å². The highest BCUT2D eigenvalue weighted by Gasteiger charge is 2.19. The van der Waals surface area contributed by atoms with Crippen LogP contribution in [0.4, 0.5) is 4.39 Å². The number of nitrogens with one attached hydrogen (secondary N) is 1. The lowest BCUT2D eigenvalue weighted by Gasteiger charge is -2.07. The molecule has 3 rings (SSSR count). The van der Waals surface area contributed by atoms with Crippen molar-refractivity contribution < 1.29 is 9.13 Å². The van der Waals surface area contributed by atoms with E-state index in [0.29, 0.717) is 18.4 Å². The molecule has 1 aliphatic carbocycles. The van der Waals surface area contributed by atoms with Crippen molar-refractivity contribution in [1.29, 1.82) is 0 Å². The van der Waals surface area contributed by atoms with E-state index >= 15 is 0 Å². The highest BCUT2D eigenvalue weighted by atomic mass is 19.1. The summed E-state index contributed by atoms with van der Waals surface area (Å²) in [5, 5.41) is 3.45. The first-order valence-corrected chi connectivity index (χ1v) is 6.85. The Morgan fingerprint density at radius 3 is 2.60 bits per heavy atom. The molecule has 0 bridgehead atoms. The van der Waals surface area contributed by atoms with Gasteiger partial charge in [0, 0.05) is 18.8 Å². The van der Waals surface area contributed by atoms with Crippen molar-refractivity contribution in [2.75, 3.05) is 0 Å². The van der Waals surface area contributed by atoms with Crippen molar-refractivity contribution in [3.63, 3.8) is 0 Å². The zero-order valence-corrected chi connectivity index (χ0v) is 11.2. The minimum absolute atomic E-state index is 0.261. The summed E-state index contributed by atoms with van der Waals surface area (Å²) in [4.78, 5) is 4.37. The van der Waals surface area contributed by atoms with Crippen LogP contribution in [0, 0.1) is 5.82 Å². The molecular formula is C16H17FN2O. The van der Waals surface area contributed by atoms with Crippen molar-refractivity contribution >= 4 is 0 Å². The molecule has 1 saturated carbocycles. The van der Waals surface area contributed by atoms with Gasteiger partial charge in [0.25, 0.3) is 0 Å². The number of ether oxygens (including phenoxy) is 1. The average molecular weight is 272 g/mol. The predicted molar refractivity (Wildman–Crippen MR) is 74.8 cm³/mol. The molecule has 3 nitrogen and oxygen atoms in total. The number of benzene rings is 1. The molecule has 4 heteroatoms. The van der Waals surface area contributed by atoms with E-state index in [0.717, 1.165) is 12.2 Å². The largest absolute Gasteiger partial charge is 0.487 e. The van der Waals surface area contributed by atoms with Crippen molar-refractivity contribution in [3.05, 3.63) is 59.7 Å². The van der Waals surface area contributed by atoms with Gasteiger partial charge in [0.15, 0.2) is 0 Å². The third-order valence-corrected chi connectivity index (χ3v) is 3.26. The molecule has 0 aliphatic heterocycles. The molecule has 1 fully saturated rings. The summed E-state index contributed by atoms with van der Waals surface area (Å²) in [5.41, 5.74) is 2.05. The van der Waals surface area contributed by atoms with Crippen LogP contribution in [0.25, 0.3) is 0 Å². The van der Waals surface area contributed by atoms with Gasteiger partial charge in [0.05, 0.1) is 5.69 Å². The molecule has 0 radical (unpaired) electrons. The zero-order valence-electron chi connectivity index (χ0n) is 11.2. The summed E-state index contributed by atoms with van der Waals surface area (Å²) in [6.45, 7) is 1.26. The van der Waals surface area contributed by atoms with Crippen molar-refractivity contribution in [2.45, 2.75) is 32.0 Å². The van der Waals surface area contributed by atoms with Gasteiger partial charge in [-0.2, -0.15) is 0 Å². The maximum atomic E-state index is 12.8. The van der Waals surface area contributed by atoms with E-state index in [9.17, 15) is 4.39 Å². The van der Waals surface area contributed by atoms with Crippen LogP contribution in [0.3, 0.4) is 0 Å². The SMILES string of the molecule is Fc1ccc(OCc2ccc(CNC3CC3)cn2)cc1. The Morgan fingerprint density at radius 1 is 1.15 bits per heavy atom. The van der Waals surface area contributed by atoms with Crippen LogP contribution in [-0.2, 0) is 13.2 Å². The van der Waals surface area contributed by atoms with Gasteiger partial charge in [0.2, 0.25) is 0 Å². The van der Waals surface area contributed by atoms with E-state index in [1.807, 2.05) is 12.3 Å². The number of aromatic nitrogens is 1.